The van der Waals surface area contributed by atoms with E-state index in [-0.39, 0.29) is 6.10 Å². The zero-order valence-electron chi connectivity index (χ0n) is 11.3. The molecule has 0 spiro atoms. The van der Waals surface area contributed by atoms with Crippen molar-refractivity contribution < 1.29 is 23.0 Å². The fourth-order valence-electron chi connectivity index (χ4n) is 1.89. The Balaban J connectivity index is 2.79. The van der Waals surface area contributed by atoms with Crippen LogP contribution >= 0.6 is 0 Å². The number of rotatable bonds is 5. The van der Waals surface area contributed by atoms with Crippen LogP contribution in [0.25, 0.3) is 0 Å². The third-order valence-corrected chi connectivity index (χ3v) is 3.21. The van der Waals surface area contributed by atoms with Crippen molar-refractivity contribution in [3.63, 3.8) is 0 Å². The molecule has 5 heteroatoms. The van der Waals surface area contributed by atoms with Crippen molar-refractivity contribution in [3.05, 3.63) is 34.9 Å². The van der Waals surface area contributed by atoms with Crippen LogP contribution in [0.1, 0.15) is 42.6 Å². The molecule has 1 rings (SSSR count). The number of hydrogen-bond acceptors (Lipinski definition) is 2. The Morgan fingerprint density at radius 1 is 1.26 bits per heavy atom. The number of halogens is 3. The predicted molar refractivity (Wildman–Crippen MR) is 66.8 cm³/mol. The zero-order chi connectivity index (χ0) is 14.6. The standard InChI is InChI=1S/C14H19F3O2/c1-9-8-11(14(15,16)17)5-6-12(9)13(18)7-4-10(2)19-3/h5-6,8,10,13,18H,4,7H2,1-3H3. The largest absolute Gasteiger partial charge is 0.416 e. The first kappa shape index (κ1) is 16.0. The fourth-order valence-corrected chi connectivity index (χ4v) is 1.89. The summed E-state index contributed by atoms with van der Waals surface area (Å²) in [5.74, 6) is 0. The topological polar surface area (TPSA) is 29.5 Å². The molecule has 0 fully saturated rings. The number of ether oxygens (including phenoxy) is 1. The van der Waals surface area contributed by atoms with E-state index in [0.29, 0.717) is 24.0 Å². The average Bonchev–Trinajstić information content (AvgIpc) is 2.34. The van der Waals surface area contributed by atoms with Gasteiger partial charge < -0.3 is 9.84 Å². The van der Waals surface area contributed by atoms with Gasteiger partial charge in [-0.1, -0.05) is 6.07 Å². The van der Waals surface area contributed by atoms with Gasteiger partial charge in [0.1, 0.15) is 0 Å². The number of aliphatic hydroxyl groups is 1. The molecule has 2 atom stereocenters. The first-order valence-corrected chi connectivity index (χ1v) is 6.14. The number of hydrogen-bond donors (Lipinski definition) is 1. The van der Waals surface area contributed by atoms with Crippen LogP contribution in [0.15, 0.2) is 18.2 Å². The van der Waals surface area contributed by atoms with Gasteiger partial charge in [-0.05, 0) is 49.9 Å². The molecule has 0 amide bonds. The maximum Gasteiger partial charge on any atom is 0.416 e. The van der Waals surface area contributed by atoms with Gasteiger partial charge in [0.25, 0.3) is 0 Å². The summed E-state index contributed by atoms with van der Waals surface area (Å²) in [5.41, 5.74) is 0.301. The fraction of sp³-hybridized carbons (Fsp3) is 0.571. The second kappa shape index (κ2) is 6.39. The highest BCUT2D eigenvalue weighted by Crippen LogP contribution is 2.32. The van der Waals surface area contributed by atoms with E-state index in [1.165, 1.54) is 6.07 Å². The smallest absolute Gasteiger partial charge is 0.388 e. The lowest BCUT2D eigenvalue weighted by Crippen LogP contribution is -2.10. The Bertz CT molecular complexity index is 416. The highest BCUT2D eigenvalue weighted by atomic mass is 19.4. The summed E-state index contributed by atoms with van der Waals surface area (Å²) in [6.07, 6.45) is -3.98. The van der Waals surface area contributed by atoms with E-state index in [4.69, 9.17) is 4.74 Å². The van der Waals surface area contributed by atoms with E-state index >= 15 is 0 Å². The van der Waals surface area contributed by atoms with Gasteiger partial charge >= 0.3 is 6.18 Å². The molecule has 19 heavy (non-hydrogen) atoms. The number of benzene rings is 1. The van der Waals surface area contributed by atoms with Gasteiger partial charge in [-0.3, -0.25) is 0 Å². The molecule has 0 heterocycles. The quantitative estimate of drug-likeness (QED) is 0.884. The molecular formula is C14H19F3O2. The van der Waals surface area contributed by atoms with Crippen LogP contribution in [0, 0.1) is 6.92 Å². The minimum atomic E-state index is -4.35. The van der Waals surface area contributed by atoms with Crippen molar-refractivity contribution in [3.8, 4) is 0 Å². The molecule has 0 aliphatic carbocycles. The molecule has 2 nitrogen and oxygen atoms in total. The van der Waals surface area contributed by atoms with E-state index in [0.717, 1.165) is 12.1 Å². The first-order valence-electron chi connectivity index (χ1n) is 6.14. The Hall–Kier alpha value is -1.07. The molecule has 1 N–H and O–H groups in total. The van der Waals surface area contributed by atoms with Crippen molar-refractivity contribution in [2.75, 3.05) is 7.11 Å². The van der Waals surface area contributed by atoms with Gasteiger partial charge in [0, 0.05) is 7.11 Å². The summed E-state index contributed by atoms with van der Waals surface area (Å²) in [7, 11) is 1.58. The van der Waals surface area contributed by atoms with E-state index in [1.54, 1.807) is 14.0 Å². The SMILES string of the molecule is COC(C)CCC(O)c1ccc(C(F)(F)F)cc1C. The monoisotopic (exact) mass is 276 g/mol. The second-order valence-corrected chi connectivity index (χ2v) is 4.71. The minimum Gasteiger partial charge on any atom is -0.388 e. The molecule has 1 aromatic carbocycles. The van der Waals surface area contributed by atoms with Crippen LogP contribution in [-0.4, -0.2) is 18.3 Å². The maximum absolute atomic E-state index is 12.5. The average molecular weight is 276 g/mol. The predicted octanol–water partition coefficient (Wildman–Crippen LogP) is 3.86. The van der Waals surface area contributed by atoms with Gasteiger partial charge in [-0.25, -0.2) is 0 Å². The first-order chi connectivity index (χ1) is 8.75. The van der Waals surface area contributed by atoms with Crippen molar-refractivity contribution >= 4 is 0 Å². The lowest BCUT2D eigenvalue weighted by Gasteiger charge is -2.17. The molecule has 0 aromatic heterocycles. The molecule has 0 aliphatic heterocycles. The third kappa shape index (κ3) is 4.51. The molecule has 0 radical (unpaired) electrons. The van der Waals surface area contributed by atoms with Crippen molar-refractivity contribution in [2.45, 2.75) is 45.1 Å². The van der Waals surface area contributed by atoms with E-state index in [2.05, 4.69) is 0 Å². The Morgan fingerprint density at radius 3 is 2.37 bits per heavy atom. The van der Waals surface area contributed by atoms with Crippen LogP contribution in [0.3, 0.4) is 0 Å². The number of methoxy groups -OCH3 is 1. The summed E-state index contributed by atoms with van der Waals surface area (Å²) in [6, 6.07) is 3.42. The lowest BCUT2D eigenvalue weighted by molar-refractivity contribution is -0.137. The van der Waals surface area contributed by atoms with Gasteiger partial charge in [0.2, 0.25) is 0 Å². The molecule has 2 unspecified atom stereocenters. The second-order valence-electron chi connectivity index (χ2n) is 4.71. The van der Waals surface area contributed by atoms with E-state index in [9.17, 15) is 18.3 Å². The van der Waals surface area contributed by atoms with E-state index < -0.39 is 17.8 Å². The van der Waals surface area contributed by atoms with Crippen molar-refractivity contribution in [1.29, 1.82) is 0 Å². The Labute approximate surface area is 111 Å². The summed E-state index contributed by atoms with van der Waals surface area (Å²) < 4.78 is 42.6. The molecular weight excluding hydrogens is 257 g/mol. The van der Waals surface area contributed by atoms with Crippen LogP contribution in [0.2, 0.25) is 0 Å². The van der Waals surface area contributed by atoms with Gasteiger partial charge in [-0.2, -0.15) is 13.2 Å². The molecule has 0 aliphatic rings. The maximum atomic E-state index is 12.5. The summed E-state index contributed by atoms with van der Waals surface area (Å²) in [4.78, 5) is 0. The van der Waals surface area contributed by atoms with E-state index in [1.807, 2.05) is 6.92 Å². The summed E-state index contributed by atoms with van der Waals surface area (Å²) >= 11 is 0. The van der Waals surface area contributed by atoms with Crippen molar-refractivity contribution in [2.24, 2.45) is 0 Å². The summed E-state index contributed by atoms with van der Waals surface area (Å²) in [5, 5.41) is 10.0. The Morgan fingerprint density at radius 2 is 1.89 bits per heavy atom. The highest BCUT2D eigenvalue weighted by Gasteiger charge is 2.30. The van der Waals surface area contributed by atoms with Gasteiger partial charge in [-0.15, -0.1) is 0 Å². The zero-order valence-corrected chi connectivity index (χ0v) is 11.3. The third-order valence-electron chi connectivity index (χ3n) is 3.21. The molecule has 108 valence electrons. The molecule has 1 aromatic rings. The van der Waals surface area contributed by atoms with Gasteiger partial charge in [0.15, 0.2) is 0 Å². The number of aryl methyl sites for hydroxylation is 1. The Kier molecular flexibility index (Phi) is 5.38. The van der Waals surface area contributed by atoms with Crippen LogP contribution in [0.4, 0.5) is 13.2 Å². The number of aliphatic hydroxyl groups excluding tert-OH is 1. The summed E-state index contributed by atoms with van der Waals surface area (Å²) in [6.45, 7) is 3.46. The molecule has 0 saturated heterocycles. The highest BCUT2D eigenvalue weighted by molar-refractivity contribution is 5.33. The minimum absolute atomic E-state index is 0.0180. The van der Waals surface area contributed by atoms with Crippen LogP contribution in [-0.2, 0) is 10.9 Å². The van der Waals surface area contributed by atoms with Gasteiger partial charge in [0.05, 0.1) is 17.8 Å². The number of alkyl halides is 3. The molecule has 0 saturated carbocycles. The normalized spacial score (nSPS) is 15.3. The molecule has 0 bridgehead atoms. The van der Waals surface area contributed by atoms with Crippen LogP contribution in [0.5, 0.6) is 0 Å². The van der Waals surface area contributed by atoms with Crippen molar-refractivity contribution in [1.82, 2.24) is 0 Å². The van der Waals surface area contributed by atoms with Crippen LogP contribution < -0.4 is 0 Å². The lowest BCUT2D eigenvalue weighted by atomic mass is 9.97.